The molecule has 0 amide bonds. The molecule has 2 aromatic rings. The summed E-state index contributed by atoms with van der Waals surface area (Å²) in [5, 5.41) is 17.3. The van der Waals surface area contributed by atoms with Gasteiger partial charge in [0.2, 0.25) is 0 Å². The average Bonchev–Trinajstić information content (AvgIpc) is 2.72. The van der Waals surface area contributed by atoms with E-state index in [9.17, 15) is 5.26 Å². The molecule has 21 heavy (non-hydrogen) atoms. The van der Waals surface area contributed by atoms with Crippen LogP contribution in [0.4, 0.5) is 0 Å². The Hall–Kier alpha value is -1.64. The predicted molar refractivity (Wildman–Crippen MR) is 87.4 cm³/mol. The van der Waals surface area contributed by atoms with E-state index >= 15 is 0 Å². The second-order valence-corrected chi connectivity index (χ2v) is 6.19. The Labute approximate surface area is 133 Å². The minimum atomic E-state index is 0.419. The zero-order valence-corrected chi connectivity index (χ0v) is 14.3. The van der Waals surface area contributed by atoms with Crippen molar-refractivity contribution < 1.29 is 0 Å². The lowest BCUT2D eigenvalue weighted by Gasteiger charge is -2.11. The van der Waals surface area contributed by atoms with Gasteiger partial charge in [0.15, 0.2) is 0 Å². The number of halogens is 1. The second-order valence-electron chi connectivity index (χ2n) is 5.40. The van der Waals surface area contributed by atoms with Crippen molar-refractivity contribution in [2.24, 2.45) is 0 Å². The van der Waals surface area contributed by atoms with Gasteiger partial charge >= 0.3 is 0 Å². The van der Waals surface area contributed by atoms with Crippen LogP contribution < -0.4 is 5.32 Å². The Kier molecular flexibility index (Phi) is 4.81. The van der Waals surface area contributed by atoms with E-state index in [0.717, 1.165) is 33.7 Å². The molecule has 1 aromatic heterocycles. The van der Waals surface area contributed by atoms with Gasteiger partial charge in [0.25, 0.3) is 0 Å². The van der Waals surface area contributed by atoms with Gasteiger partial charge in [-0.3, -0.25) is 0 Å². The summed E-state index contributed by atoms with van der Waals surface area (Å²) in [4.78, 5) is 0. The van der Waals surface area contributed by atoms with Crippen LogP contribution in [0.15, 0.2) is 22.7 Å². The van der Waals surface area contributed by atoms with Crippen molar-refractivity contribution in [2.45, 2.75) is 40.3 Å². The normalized spacial score (nSPS) is 10.9. The number of nitrogens with one attached hydrogen (secondary N) is 1. The molecule has 0 saturated heterocycles. The topological polar surface area (TPSA) is 53.6 Å². The van der Waals surface area contributed by atoms with E-state index < -0.39 is 0 Å². The summed E-state index contributed by atoms with van der Waals surface area (Å²) in [6.07, 6.45) is 0. The van der Waals surface area contributed by atoms with Crippen molar-refractivity contribution in [1.82, 2.24) is 15.1 Å². The molecule has 5 heteroatoms. The number of hydrogen-bond donors (Lipinski definition) is 1. The van der Waals surface area contributed by atoms with E-state index in [0.29, 0.717) is 11.6 Å². The van der Waals surface area contributed by atoms with Gasteiger partial charge in [-0.05, 0) is 47.5 Å². The third kappa shape index (κ3) is 3.34. The molecular weight excluding hydrogens is 328 g/mol. The first-order valence-corrected chi connectivity index (χ1v) is 7.71. The molecule has 2 rings (SSSR count). The summed E-state index contributed by atoms with van der Waals surface area (Å²) in [5.74, 6) is 0. The summed E-state index contributed by atoms with van der Waals surface area (Å²) in [7, 11) is 0. The zero-order valence-electron chi connectivity index (χ0n) is 12.7. The van der Waals surface area contributed by atoms with Gasteiger partial charge in [-0.15, -0.1) is 0 Å². The molecule has 1 heterocycles. The van der Waals surface area contributed by atoms with E-state index in [4.69, 9.17) is 0 Å². The van der Waals surface area contributed by atoms with Gasteiger partial charge in [0.1, 0.15) is 6.07 Å². The van der Waals surface area contributed by atoms with E-state index in [-0.39, 0.29) is 0 Å². The van der Waals surface area contributed by atoms with Gasteiger partial charge in [-0.25, -0.2) is 4.68 Å². The lowest BCUT2D eigenvalue weighted by atomic mass is 10.1. The zero-order chi connectivity index (χ0) is 15.6. The molecule has 0 aliphatic heterocycles. The minimum Gasteiger partial charge on any atom is -0.310 e. The van der Waals surface area contributed by atoms with Crippen LogP contribution in [0.2, 0.25) is 0 Å². The van der Waals surface area contributed by atoms with Gasteiger partial charge in [0.05, 0.1) is 27.1 Å². The fraction of sp³-hybridized carbons (Fsp3) is 0.375. The van der Waals surface area contributed by atoms with Gasteiger partial charge in [-0.2, -0.15) is 10.4 Å². The highest BCUT2D eigenvalue weighted by Gasteiger charge is 2.13. The Morgan fingerprint density at radius 3 is 2.62 bits per heavy atom. The lowest BCUT2D eigenvalue weighted by Crippen LogP contribution is -2.21. The molecule has 0 bridgehead atoms. The van der Waals surface area contributed by atoms with Crippen molar-refractivity contribution in [3.05, 3.63) is 45.2 Å². The van der Waals surface area contributed by atoms with E-state index in [1.54, 1.807) is 0 Å². The van der Waals surface area contributed by atoms with Crippen LogP contribution >= 0.6 is 15.9 Å². The van der Waals surface area contributed by atoms with Gasteiger partial charge in [0, 0.05) is 12.6 Å². The molecule has 0 fully saturated rings. The Balaban J connectivity index is 2.41. The van der Waals surface area contributed by atoms with E-state index in [2.05, 4.69) is 46.3 Å². The number of benzene rings is 1. The third-order valence-corrected chi connectivity index (χ3v) is 4.47. The predicted octanol–water partition coefficient (Wildman–Crippen LogP) is 3.62. The smallest absolute Gasteiger partial charge is 0.101 e. The quantitative estimate of drug-likeness (QED) is 0.919. The number of aromatic nitrogens is 2. The number of nitrogens with zero attached hydrogens (tertiary/aromatic N) is 3. The molecule has 110 valence electrons. The maximum atomic E-state index is 9.43. The van der Waals surface area contributed by atoms with Crippen LogP contribution in [-0.2, 0) is 6.54 Å². The number of nitriles is 1. The van der Waals surface area contributed by atoms with Crippen molar-refractivity contribution in [3.63, 3.8) is 0 Å². The summed E-state index contributed by atoms with van der Waals surface area (Å²) in [6.45, 7) is 8.90. The standard InChI is InChI=1S/C16H19BrN4/c1-10(2)19-9-13-5-6-15(14(7-13)8-18)21-12(4)16(17)11(3)20-21/h5-7,10,19H,9H2,1-4H3. The van der Waals surface area contributed by atoms with Crippen LogP contribution in [0.3, 0.4) is 0 Å². The van der Waals surface area contributed by atoms with Gasteiger partial charge < -0.3 is 5.32 Å². The lowest BCUT2D eigenvalue weighted by molar-refractivity contribution is 0.588. The first kappa shape index (κ1) is 15.7. The Morgan fingerprint density at radius 2 is 2.10 bits per heavy atom. The maximum Gasteiger partial charge on any atom is 0.101 e. The minimum absolute atomic E-state index is 0.419. The fourth-order valence-electron chi connectivity index (χ4n) is 2.15. The van der Waals surface area contributed by atoms with Crippen LogP contribution in [0.25, 0.3) is 5.69 Å². The molecule has 0 unspecified atom stereocenters. The highest BCUT2D eigenvalue weighted by molar-refractivity contribution is 9.10. The van der Waals surface area contributed by atoms with Crippen molar-refractivity contribution in [3.8, 4) is 11.8 Å². The third-order valence-electron chi connectivity index (χ3n) is 3.33. The van der Waals surface area contributed by atoms with E-state index in [1.807, 2.05) is 36.7 Å². The molecule has 1 N–H and O–H groups in total. The number of hydrogen-bond acceptors (Lipinski definition) is 3. The first-order chi connectivity index (χ1) is 9.93. The van der Waals surface area contributed by atoms with Crippen LogP contribution in [0.1, 0.15) is 36.4 Å². The van der Waals surface area contributed by atoms with Crippen LogP contribution in [0.5, 0.6) is 0 Å². The summed E-state index contributed by atoms with van der Waals surface area (Å²) < 4.78 is 2.80. The first-order valence-electron chi connectivity index (χ1n) is 6.92. The molecule has 0 aliphatic carbocycles. The SMILES string of the molecule is Cc1nn(-c2ccc(CNC(C)C)cc2C#N)c(C)c1Br. The van der Waals surface area contributed by atoms with E-state index in [1.165, 1.54) is 0 Å². The Bertz CT molecular complexity index is 695. The van der Waals surface area contributed by atoms with Crippen molar-refractivity contribution >= 4 is 15.9 Å². The largest absolute Gasteiger partial charge is 0.310 e. The molecule has 0 spiro atoms. The summed E-state index contributed by atoms with van der Waals surface area (Å²) in [6, 6.07) is 8.62. The number of rotatable bonds is 4. The molecular formula is C16H19BrN4. The number of aryl methyl sites for hydroxylation is 1. The molecule has 0 aliphatic rings. The van der Waals surface area contributed by atoms with Crippen molar-refractivity contribution in [1.29, 1.82) is 5.26 Å². The molecule has 0 saturated carbocycles. The van der Waals surface area contributed by atoms with Crippen LogP contribution in [-0.4, -0.2) is 15.8 Å². The summed E-state index contributed by atoms with van der Waals surface area (Å²) >= 11 is 3.52. The molecule has 0 radical (unpaired) electrons. The maximum absolute atomic E-state index is 9.43. The fourth-order valence-corrected chi connectivity index (χ4v) is 2.39. The Morgan fingerprint density at radius 1 is 1.38 bits per heavy atom. The summed E-state index contributed by atoms with van der Waals surface area (Å²) in [5.41, 5.74) is 4.47. The monoisotopic (exact) mass is 346 g/mol. The van der Waals surface area contributed by atoms with Crippen LogP contribution in [0, 0.1) is 25.2 Å². The van der Waals surface area contributed by atoms with Gasteiger partial charge in [-0.1, -0.05) is 19.9 Å². The molecule has 0 atom stereocenters. The average molecular weight is 347 g/mol. The highest BCUT2D eigenvalue weighted by atomic mass is 79.9. The highest BCUT2D eigenvalue weighted by Crippen LogP contribution is 2.25. The van der Waals surface area contributed by atoms with Crippen molar-refractivity contribution in [2.75, 3.05) is 0 Å². The molecule has 1 aromatic carbocycles. The second kappa shape index (κ2) is 6.42. The molecule has 4 nitrogen and oxygen atoms in total.